The zero-order chi connectivity index (χ0) is 15.9. The average molecular weight is 341 g/mol. The second-order valence-electron chi connectivity index (χ2n) is 4.88. The van der Waals surface area contributed by atoms with E-state index in [2.05, 4.69) is 10.6 Å². The lowest BCUT2D eigenvalue weighted by Crippen LogP contribution is -2.44. The summed E-state index contributed by atoms with van der Waals surface area (Å²) < 4.78 is 0. The van der Waals surface area contributed by atoms with Crippen LogP contribution in [0.2, 0.25) is 10.0 Å². The molecule has 2 atom stereocenters. The zero-order valence-electron chi connectivity index (χ0n) is 11.8. The van der Waals surface area contributed by atoms with Gasteiger partial charge in [-0.15, -0.1) is 0 Å². The first-order valence-electron chi connectivity index (χ1n) is 6.88. The van der Waals surface area contributed by atoms with Gasteiger partial charge in [-0.05, 0) is 48.5 Å². The Morgan fingerprint density at radius 2 is 1.00 bits per heavy atom. The average Bonchev–Trinajstić information content (AvgIpc) is 2.54. The fourth-order valence-electron chi connectivity index (χ4n) is 2.07. The van der Waals surface area contributed by atoms with Crippen molar-refractivity contribution < 1.29 is 10.2 Å². The molecule has 0 saturated carbocycles. The van der Waals surface area contributed by atoms with E-state index in [1.807, 2.05) is 24.3 Å². The molecule has 22 heavy (non-hydrogen) atoms. The molecule has 0 saturated heterocycles. The molecule has 0 aliphatic rings. The molecule has 0 aromatic heterocycles. The molecule has 0 bridgehead atoms. The lowest BCUT2D eigenvalue weighted by molar-refractivity contribution is 0.215. The second-order valence-corrected chi connectivity index (χ2v) is 5.75. The molecule has 4 N–H and O–H groups in total. The number of aliphatic hydroxyl groups is 2. The third kappa shape index (κ3) is 4.78. The van der Waals surface area contributed by atoms with Crippen LogP contribution in [-0.2, 0) is 0 Å². The summed E-state index contributed by atoms with van der Waals surface area (Å²) in [6.07, 6.45) is 0. The van der Waals surface area contributed by atoms with Crippen molar-refractivity contribution in [2.45, 2.75) is 12.1 Å². The summed E-state index contributed by atoms with van der Waals surface area (Å²) in [5.74, 6) is 0. The summed E-state index contributed by atoms with van der Waals surface area (Å²) >= 11 is 11.7. The molecule has 0 heterocycles. The Hall–Kier alpha value is -1.46. The number of anilines is 2. The van der Waals surface area contributed by atoms with Crippen molar-refractivity contribution in [2.75, 3.05) is 23.8 Å². The molecular weight excluding hydrogens is 323 g/mol. The Balaban J connectivity index is 2.05. The highest BCUT2D eigenvalue weighted by atomic mass is 35.5. The van der Waals surface area contributed by atoms with Crippen molar-refractivity contribution in [3.05, 3.63) is 58.6 Å². The van der Waals surface area contributed by atoms with Gasteiger partial charge < -0.3 is 20.8 Å². The van der Waals surface area contributed by atoms with Crippen LogP contribution in [0, 0.1) is 0 Å². The highest BCUT2D eigenvalue weighted by Crippen LogP contribution is 2.18. The standard InChI is InChI=1S/C16H18Cl2N2O2/c17-11-1-5-13(6-2-11)19-15(9-21)16(10-22)20-14-7-3-12(18)4-8-14/h1-8,15-16,19-22H,9-10H2/t15-,16-/m1/s1. The molecule has 0 aliphatic heterocycles. The minimum Gasteiger partial charge on any atom is -0.394 e. The molecule has 0 amide bonds. The largest absolute Gasteiger partial charge is 0.394 e. The van der Waals surface area contributed by atoms with Crippen LogP contribution in [0.15, 0.2) is 48.5 Å². The number of aliphatic hydroxyl groups excluding tert-OH is 2. The van der Waals surface area contributed by atoms with Crippen molar-refractivity contribution in [3.8, 4) is 0 Å². The molecule has 2 aromatic rings. The Morgan fingerprint density at radius 3 is 1.27 bits per heavy atom. The predicted octanol–water partition coefficient (Wildman–Crippen LogP) is 3.24. The van der Waals surface area contributed by atoms with Crippen LogP contribution in [0.25, 0.3) is 0 Å². The highest BCUT2D eigenvalue weighted by Gasteiger charge is 2.20. The zero-order valence-corrected chi connectivity index (χ0v) is 13.3. The number of hydrogen-bond donors (Lipinski definition) is 4. The summed E-state index contributed by atoms with van der Waals surface area (Å²) in [4.78, 5) is 0. The molecule has 0 fully saturated rings. The van der Waals surface area contributed by atoms with Crippen LogP contribution in [-0.4, -0.2) is 35.5 Å². The quantitative estimate of drug-likeness (QED) is 0.624. The normalized spacial score (nSPS) is 13.5. The van der Waals surface area contributed by atoms with Crippen LogP contribution in [0.4, 0.5) is 11.4 Å². The van der Waals surface area contributed by atoms with E-state index in [0.29, 0.717) is 10.0 Å². The molecule has 0 radical (unpaired) electrons. The Morgan fingerprint density at radius 1 is 0.682 bits per heavy atom. The molecule has 4 nitrogen and oxygen atoms in total. The highest BCUT2D eigenvalue weighted by molar-refractivity contribution is 6.30. The molecular formula is C16H18Cl2N2O2. The molecule has 0 spiro atoms. The van der Waals surface area contributed by atoms with Crippen LogP contribution < -0.4 is 10.6 Å². The van der Waals surface area contributed by atoms with Gasteiger partial charge in [0.1, 0.15) is 0 Å². The first kappa shape index (κ1) is 16.9. The predicted molar refractivity (Wildman–Crippen MR) is 91.9 cm³/mol. The van der Waals surface area contributed by atoms with E-state index in [1.54, 1.807) is 24.3 Å². The smallest absolute Gasteiger partial charge is 0.0715 e. The number of nitrogens with one attached hydrogen (secondary N) is 2. The molecule has 0 unspecified atom stereocenters. The van der Waals surface area contributed by atoms with Crippen LogP contribution >= 0.6 is 23.2 Å². The SMILES string of the molecule is OC[C@@H](Nc1ccc(Cl)cc1)[C@@H](CO)Nc1ccc(Cl)cc1. The third-order valence-corrected chi connectivity index (χ3v) is 3.78. The van der Waals surface area contributed by atoms with E-state index in [1.165, 1.54) is 0 Å². The van der Waals surface area contributed by atoms with Crippen molar-refractivity contribution in [2.24, 2.45) is 0 Å². The van der Waals surface area contributed by atoms with Gasteiger partial charge in [-0.2, -0.15) is 0 Å². The van der Waals surface area contributed by atoms with Crippen molar-refractivity contribution in [1.82, 2.24) is 0 Å². The molecule has 0 aliphatic carbocycles. The Kier molecular flexibility index (Phi) is 6.34. The van der Waals surface area contributed by atoms with Crippen molar-refractivity contribution >= 4 is 34.6 Å². The Bertz CT molecular complexity index is 522. The monoisotopic (exact) mass is 340 g/mol. The lowest BCUT2D eigenvalue weighted by Gasteiger charge is -2.27. The first-order valence-corrected chi connectivity index (χ1v) is 7.64. The first-order chi connectivity index (χ1) is 10.6. The lowest BCUT2D eigenvalue weighted by atomic mass is 10.1. The van der Waals surface area contributed by atoms with Gasteiger partial charge in [-0.3, -0.25) is 0 Å². The van der Waals surface area contributed by atoms with Gasteiger partial charge in [-0.25, -0.2) is 0 Å². The Labute approximate surface area is 139 Å². The van der Waals surface area contributed by atoms with Gasteiger partial charge in [0.2, 0.25) is 0 Å². The summed E-state index contributed by atoms with van der Waals surface area (Å²) in [7, 11) is 0. The maximum Gasteiger partial charge on any atom is 0.0715 e. The van der Waals surface area contributed by atoms with E-state index in [0.717, 1.165) is 11.4 Å². The fraction of sp³-hybridized carbons (Fsp3) is 0.250. The second kappa shape index (κ2) is 8.25. The number of rotatable bonds is 7. The summed E-state index contributed by atoms with van der Waals surface area (Å²) in [5.41, 5.74) is 1.64. The fourth-order valence-corrected chi connectivity index (χ4v) is 2.32. The van der Waals surface area contributed by atoms with Gasteiger partial charge in [0.25, 0.3) is 0 Å². The summed E-state index contributed by atoms with van der Waals surface area (Å²) in [6, 6.07) is 13.6. The van der Waals surface area contributed by atoms with E-state index in [9.17, 15) is 10.2 Å². The number of benzene rings is 2. The van der Waals surface area contributed by atoms with Gasteiger partial charge >= 0.3 is 0 Å². The van der Waals surface area contributed by atoms with E-state index < -0.39 is 0 Å². The van der Waals surface area contributed by atoms with Gasteiger partial charge in [-0.1, -0.05) is 23.2 Å². The minimum atomic E-state index is -0.359. The van der Waals surface area contributed by atoms with Gasteiger partial charge in [0, 0.05) is 21.4 Å². The minimum absolute atomic E-state index is 0.131. The number of halogens is 2. The summed E-state index contributed by atoms with van der Waals surface area (Å²) in [6.45, 7) is -0.261. The van der Waals surface area contributed by atoms with Crippen LogP contribution in [0.5, 0.6) is 0 Å². The molecule has 2 rings (SSSR count). The van der Waals surface area contributed by atoms with Crippen LogP contribution in [0.1, 0.15) is 0 Å². The van der Waals surface area contributed by atoms with E-state index in [4.69, 9.17) is 23.2 Å². The van der Waals surface area contributed by atoms with Crippen molar-refractivity contribution in [1.29, 1.82) is 0 Å². The third-order valence-electron chi connectivity index (χ3n) is 3.27. The topological polar surface area (TPSA) is 64.5 Å². The van der Waals surface area contributed by atoms with Gasteiger partial charge in [0.15, 0.2) is 0 Å². The molecule has 118 valence electrons. The number of hydrogen-bond acceptors (Lipinski definition) is 4. The maximum atomic E-state index is 9.60. The van der Waals surface area contributed by atoms with Gasteiger partial charge in [0.05, 0.1) is 25.3 Å². The summed E-state index contributed by atoms with van der Waals surface area (Å²) in [5, 5.41) is 26.9. The molecule has 6 heteroatoms. The van der Waals surface area contributed by atoms with Crippen molar-refractivity contribution in [3.63, 3.8) is 0 Å². The van der Waals surface area contributed by atoms with E-state index >= 15 is 0 Å². The maximum absolute atomic E-state index is 9.60. The van der Waals surface area contributed by atoms with E-state index in [-0.39, 0.29) is 25.3 Å². The van der Waals surface area contributed by atoms with Crippen LogP contribution in [0.3, 0.4) is 0 Å². The molecule has 2 aromatic carbocycles.